The van der Waals surface area contributed by atoms with E-state index in [0.717, 1.165) is 36.1 Å². The lowest BCUT2D eigenvalue weighted by Crippen LogP contribution is -2.30. The number of hydrogen-bond acceptors (Lipinski definition) is 2. The minimum atomic E-state index is -0.394. The van der Waals surface area contributed by atoms with Crippen molar-refractivity contribution in [3.63, 3.8) is 0 Å². The number of anilines is 1. The number of ketones is 1. The quantitative estimate of drug-likeness (QED) is 0.471. The zero-order valence-corrected chi connectivity index (χ0v) is 12.1. The number of carbonyl (C=O) groups excluding carboxylic acids is 2. The number of hydrogen-bond donors (Lipinski definition) is 0. The molecule has 1 aromatic rings. The molecule has 1 aliphatic rings. The van der Waals surface area contributed by atoms with E-state index in [-0.39, 0.29) is 5.78 Å². The van der Waals surface area contributed by atoms with Crippen molar-refractivity contribution in [3.8, 4) is 0 Å². The molecule has 0 fully saturated rings. The summed E-state index contributed by atoms with van der Waals surface area (Å²) in [7, 11) is 0. The Labute approximate surface area is 118 Å². The van der Waals surface area contributed by atoms with Gasteiger partial charge in [0.2, 0.25) is 0 Å². The summed E-state index contributed by atoms with van der Waals surface area (Å²) in [6.07, 6.45) is 2.79. The van der Waals surface area contributed by atoms with E-state index < -0.39 is 5.91 Å². The zero-order chi connectivity index (χ0) is 14.0. The topological polar surface area (TPSA) is 37.4 Å². The van der Waals surface area contributed by atoms with Crippen LogP contribution in [0.4, 0.5) is 5.69 Å². The molecule has 19 heavy (non-hydrogen) atoms. The maximum absolute atomic E-state index is 12.0. The summed E-state index contributed by atoms with van der Waals surface area (Å²) in [6.45, 7) is 4.46. The highest BCUT2D eigenvalue weighted by molar-refractivity contribution is 6.52. The van der Waals surface area contributed by atoms with Gasteiger partial charge >= 0.3 is 0 Å². The van der Waals surface area contributed by atoms with Gasteiger partial charge in [0, 0.05) is 12.4 Å². The molecule has 0 atom stereocenters. The number of carbonyl (C=O) groups is 2. The molecular formula is C15H18ClNO2. The number of amides is 1. The summed E-state index contributed by atoms with van der Waals surface area (Å²) in [5, 5.41) is 0. The lowest BCUT2D eigenvalue weighted by molar-refractivity contribution is -0.114. The summed E-state index contributed by atoms with van der Waals surface area (Å²) in [5.41, 5.74) is 3.31. The molecule has 102 valence electrons. The fourth-order valence-electron chi connectivity index (χ4n) is 2.56. The standard InChI is InChI=1S/C15H18ClNO2/c1-10-8-11(2)13-12(9-10)17(15(19)14(13)18)7-5-3-4-6-16/h8-9H,3-7H2,1-2H3. The number of unbranched alkanes of at least 4 members (excludes halogenated alkanes) is 2. The Balaban J connectivity index is 2.23. The van der Waals surface area contributed by atoms with Gasteiger partial charge < -0.3 is 4.90 Å². The van der Waals surface area contributed by atoms with Gasteiger partial charge in [-0.3, -0.25) is 9.59 Å². The maximum atomic E-state index is 12.0. The third-order valence-electron chi connectivity index (χ3n) is 3.43. The molecule has 0 aliphatic carbocycles. The number of benzene rings is 1. The molecule has 1 amide bonds. The largest absolute Gasteiger partial charge is 0.305 e. The monoisotopic (exact) mass is 279 g/mol. The highest BCUT2D eigenvalue weighted by Gasteiger charge is 2.36. The fraction of sp³-hybridized carbons (Fsp3) is 0.467. The molecule has 0 unspecified atom stereocenters. The summed E-state index contributed by atoms with van der Waals surface area (Å²) in [5.74, 6) is -0.124. The number of alkyl halides is 1. The summed E-state index contributed by atoms with van der Waals surface area (Å²) < 4.78 is 0. The molecule has 0 aromatic heterocycles. The van der Waals surface area contributed by atoms with Gasteiger partial charge in [-0.1, -0.05) is 12.5 Å². The average molecular weight is 280 g/mol. The number of nitrogens with zero attached hydrogens (tertiary/aromatic N) is 1. The van der Waals surface area contributed by atoms with Crippen molar-refractivity contribution in [1.82, 2.24) is 0 Å². The van der Waals surface area contributed by atoms with Crippen molar-refractivity contribution in [3.05, 3.63) is 28.8 Å². The van der Waals surface area contributed by atoms with Crippen molar-refractivity contribution < 1.29 is 9.59 Å². The van der Waals surface area contributed by atoms with Crippen LogP contribution in [0.15, 0.2) is 12.1 Å². The zero-order valence-electron chi connectivity index (χ0n) is 11.3. The second-order valence-corrected chi connectivity index (χ2v) is 5.39. The van der Waals surface area contributed by atoms with Crippen LogP contribution in [0.3, 0.4) is 0 Å². The van der Waals surface area contributed by atoms with E-state index in [9.17, 15) is 9.59 Å². The van der Waals surface area contributed by atoms with Gasteiger partial charge in [-0.15, -0.1) is 11.6 Å². The van der Waals surface area contributed by atoms with E-state index in [1.165, 1.54) is 0 Å². The molecule has 0 bridgehead atoms. The minimum Gasteiger partial charge on any atom is -0.305 e. The maximum Gasteiger partial charge on any atom is 0.299 e. The Morgan fingerprint density at radius 3 is 2.53 bits per heavy atom. The van der Waals surface area contributed by atoms with Gasteiger partial charge in [-0.05, 0) is 43.9 Å². The predicted octanol–water partition coefficient (Wildman–Crippen LogP) is 3.24. The normalized spacial score (nSPS) is 14.2. The van der Waals surface area contributed by atoms with Crippen molar-refractivity contribution in [2.24, 2.45) is 0 Å². The highest BCUT2D eigenvalue weighted by Crippen LogP contribution is 2.32. The van der Waals surface area contributed by atoms with Gasteiger partial charge in [0.15, 0.2) is 0 Å². The predicted molar refractivity (Wildman–Crippen MR) is 77.2 cm³/mol. The molecule has 0 N–H and O–H groups in total. The Morgan fingerprint density at radius 1 is 1.11 bits per heavy atom. The number of Topliss-reactive ketones (excluding diaryl/α,β-unsaturated/α-hetero) is 1. The number of fused-ring (bicyclic) bond motifs is 1. The lowest BCUT2D eigenvalue weighted by Gasteiger charge is -2.17. The summed E-state index contributed by atoms with van der Waals surface area (Å²) in [4.78, 5) is 25.7. The van der Waals surface area contributed by atoms with Crippen LogP contribution in [0.25, 0.3) is 0 Å². The van der Waals surface area contributed by atoms with Gasteiger partial charge in [-0.2, -0.15) is 0 Å². The van der Waals surface area contributed by atoms with Crippen LogP contribution in [-0.4, -0.2) is 24.1 Å². The van der Waals surface area contributed by atoms with Gasteiger partial charge in [0.25, 0.3) is 11.7 Å². The Hall–Kier alpha value is -1.35. The molecular weight excluding hydrogens is 262 g/mol. The molecule has 1 heterocycles. The molecule has 0 spiro atoms. The van der Waals surface area contributed by atoms with Crippen LogP contribution in [0, 0.1) is 13.8 Å². The Kier molecular flexibility index (Phi) is 4.25. The third kappa shape index (κ3) is 2.66. The lowest BCUT2D eigenvalue weighted by atomic mass is 10.0. The molecule has 2 rings (SSSR count). The van der Waals surface area contributed by atoms with Crippen LogP contribution in [-0.2, 0) is 4.79 Å². The third-order valence-corrected chi connectivity index (χ3v) is 3.70. The first-order valence-corrected chi connectivity index (χ1v) is 7.13. The van der Waals surface area contributed by atoms with Crippen LogP contribution in [0.5, 0.6) is 0 Å². The van der Waals surface area contributed by atoms with Gasteiger partial charge in [0.1, 0.15) is 0 Å². The number of rotatable bonds is 5. The first-order valence-electron chi connectivity index (χ1n) is 6.59. The van der Waals surface area contributed by atoms with Crippen molar-refractivity contribution in [2.45, 2.75) is 33.1 Å². The second kappa shape index (κ2) is 5.74. The van der Waals surface area contributed by atoms with E-state index in [0.29, 0.717) is 18.0 Å². The minimum absolute atomic E-state index is 0.371. The Bertz CT molecular complexity index is 525. The molecule has 0 saturated heterocycles. The highest BCUT2D eigenvalue weighted by atomic mass is 35.5. The van der Waals surface area contributed by atoms with E-state index in [1.54, 1.807) is 4.90 Å². The van der Waals surface area contributed by atoms with Crippen LogP contribution in [0.2, 0.25) is 0 Å². The first-order chi connectivity index (χ1) is 9.06. The first kappa shape index (κ1) is 14.1. The van der Waals surface area contributed by atoms with E-state index in [2.05, 4.69) is 0 Å². The molecule has 1 aliphatic heterocycles. The number of halogens is 1. The van der Waals surface area contributed by atoms with Gasteiger partial charge in [0.05, 0.1) is 11.3 Å². The van der Waals surface area contributed by atoms with Gasteiger partial charge in [-0.25, -0.2) is 0 Å². The van der Waals surface area contributed by atoms with E-state index >= 15 is 0 Å². The molecule has 0 saturated carbocycles. The van der Waals surface area contributed by atoms with Crippen LogP contribution in [0.1, 0.15) is 40.7 Å². The molecule has 0 radical (unpaired) electrons. The molecule has 3 nitrogen and oxygen atoms in total. The molecule has 4 heteroatoms. The average Bonchev–Trinajstić information content (AvgIpc) is 2.59. The Morgan fingerprint density at radius 2 is 1.84 bits per heavy atom. The van der Waals surface area contributed by atoms with Crippen LogP contribution >= 0.6 is 11.6 Å². The smallest absolute Gasteiger partial charge is 0.299 e. The van der Waals surface area contributed by atoms with E-state index in [1.807, 2.05) is 26.0 Å². The van der Waals surface area contributed by atoms with E-state index in [4.69, 9.17) is 11.6 Å². The summed E-state index contributed by atoms with van der Waals surface area (Å²) in [6, 6.07) is 3.87. The summed E-state index contributed by atoms with van der Waals surface area (Å²) >= 11 is 5.64. The van der Waals surface area contributed by atoms with Crippen molar-refractivity contribution in [2.75, 3.05) is 17.3 Å². The second-order valence-electron chi connectivity index (χ2n) is 5.01. The fourth-order valence-corrected chi connectivity index (χ4v) is 2.74. The molecule has 1 aromatic carbocycles. The van der Waals surface area contributed by atoms with Crippen LogP contribution < -0.4 is 4.90 Å². The van der Waals surface area contributed by atoms with Crippen molar-refractivity contribution in [1.29, 1.82) is 0 Å². The number of aryl methyl sites for hydroxylation is 2. The van der Waals surface area contributed by atoms with Crippen molar-refractivity contribution >= 4 is 29.0 Å². The SMILES string of the molecule is Cc1cc(C)c2c(c1)N(CCCCCCl)C(=O)C2=O.